The number of rotatable bonds is 6. The summed E-state index contributed by atoms with van der Waals surface area (Å²) in [5, 5.41) is 7.76. The standard InChI is InChI=1S/C33H45ClN2O4S.CH4O/c1-5-9-25-18-27(34)12-14-29(25)26-20-36-17-16-24(6-2)11-8-7-10-23(3)30(22-39-4)33(37)35-41(38)28-13-15-32(40-21-26)31(36)19-28;1-2/h7-8,12-15,18-19,23-24,26,30H,5-6,9-11,16-17,20-22H2,1-4H3,(H,35,37);2H,1H3/b8-7+;. The first-order valence-electron chi connectivity index (χ1n) is 15.5. The predicted molar refractivity (Wildman–Crippen MR) is 176 cm³/mol. The average Bonchev–Trinajstić information content (AvgIpc) is 3.19. The molecule has 238 valence electrons. The fraction of sp³-hybridized carbons (Fsp3) is 0.559. The first-order chi connectivity index (χ1) is 20.8. The summed E-state index contributed by atoms with van der Waals surface area (Å²) in [5.74, 6) is 0.916. The summed E-state index contributed by atoms with van der Waals surface area (Å²) in [7, 11) is 0.898. The van der Waals surface area contributed by atoms with Gasteiger partial charge in [-0.25, -0.2) is 4.21 Å². The molecule has 0 saturated heterocycles. The summed E-state index contributed by atoms with van der Waals surface area (Å²) in [5.41, 5.74) is 3.48. The third-order valence-corrected chi connectivity index (χ3v) is 9.83. The average molecular weight is 633 g/mol. The lowest BCUT2D eigenvalue weighted by Gasteiger charge is -2.29. The van der Waals surface area contributed by atoms with Gasteiger partial charge in [-0.15, -0.1) is 0 Å². The van der Waals surface area contributed by atoms with Crippen molar-refractivity contribution in [3.05, 3.63) is 64.7 Å². The molecule has 5 atom stereocenters. The number of benzene rings is 2. The Hall–Kier alpha value is -2.39. The number of hydrogen-bond acceptors (Lipinski definition) is 6. The molecule has 2 N–H and O–H groups in total. The van der Waals surface area contributed by atoms with Crippen molar-refractivity contribution in [2.24, 2.45) is 17.8 Å². The van der Waals surface area contributed by atoms with E-state index >= 15 is 0 Å². The third-order valence-electron chi connectivity index (χ3n) is 8.52. The molecule has 2 heterocycles. The molecule has 0 saturated carbocycles. The van der Waals surface area contributed by atoms with E-state index in [4.69, 9.17) is 26.2 Å². The molecule has 0 radical (unpaired) electrons. The first-order valence-corrected chi connectivity index (χ1v) is 17.0. The molecular formula is C34H49ClN2O5S. The summed E-state index contributed by atoms with van der Waals surface area (Å²) in [6, 6.07) is 11.9. The van der Waals surface area contributed by atoms with Crippen molar-refractivity contribution in [3.8, 4) is 5.75 Å². The molecule has 0 aliphatic carbocycles. The number of allylic oxidation sites excluding steroid dienone is 2. The lowest BCUT2D eigenvalue weighted by atomic mass is 9.90. The first kappa shape index (κ1) is 35.1. The molecule has 0 spiro atoms. The van der Waals surface area contributed by atoms with Gasteiger partial charge in [0.15, 0.2) is 11.0 Å². The minimum atomic E-state index is -1.70. The molecule has 0 fully saturated rings. The Bertz CT molecular complexity index is 1240. The van der Waals surface area contributed by atoms with Gasteiger partial charge in [-0.2, -0.15) is 0 Å². The van der Waals surface area contributed by atoms with Crippen LogP contribution in [0.25, 0.3) is 0 Å². The van der Waals surface area contributed by atoms with Crippen molar-refractivity contribution in [3.63, 3.8) is 0 Å². The van der Waals surface area contributed by atoms with E-state index in [1.54, 1.807) is 13.2 Å². The highest BCUT2D eigenvalue weighted by Crippen LogP contribution is 2.38. The number of carbonyl (C=O) groups is 1. The smallest absolute Gasteiger partial charge is 0.237 e. The van der Waals surface area contributed by atoms with Crippen LogP contribution in [0.2, 0.25) is 5.02 Å². The van der Waals surface area contributed by atoms with Crippen molar-refractivity contribution in [2.45, 2.75) is 70.1 Å². The van der Waals surface area contributed by atoms with Crippen LogP contribution in [0.3, 0.4) is 0 Å². The SMILES string of the molecule is CCCc1cc(Cl)ccc1C1COc2ccc3cc2N(CCC(CC)C/C=C/CC(C)C(COC)C(=O)NS3=O)C1.CO. The van der Waals surface area contributed by atoms with Crippen molar-refractivity contribution >= 4 is 34.2 Å². The van der Waals surface area contributed by atoms with Gasteiger partial charge < -0.3 is 19.5 Å². The number of aliphatic hydroxyl groups excluding tert-OH is 1. The highest BCUT2D eigenvalue weighted by Gasteiger charge is 2.29. The number of amides is 1. The second kappa shape index (κ2) is 17.8. The highest BCUT2D eigenvalue weighted by molar-refractivity contribution is 7.83. The van der Waals surface area contributed by atoms with Crippen molar-refractivity contribution in [1.82, 2.24) is 4.72 Å². The van der Waals surface area contributed by atoms with Crippen LogP contribution in [0, 0.1) is 17.8 Å². The van der Waals surface area contributed by atoms with Crippen LogP contribution >= 0.6 is 11.6 Å². The molecule has 2 aromatic rings. The Kier molecular flexibility index (Phi) is 14.5. The van der Waals surface area contributed by atoms with E-state index in [0.29, 0.717) is 17.4 Å². The normalized spacial score (nSPS) is 25.4. The van der Waals surface area contributed by atoms with Gasteiger partial charge in [0.25, 0.3) is 0 Å². The number of fused-ring (bicyclic) bond motifs is 1. The van der Waals surface area contributed by atoms with Crippen LogP contribution in [-0.4, -0.2) is 55.7 Å². The maximum absolute atomic E-state index is 13.4. The van der Waals surface area contributed by atoms with Gasteiger partial charge in [0, 0.05) is 38.2 Å². The predicted octanol–water partition coefficient (Wildman–Crippen LogP) is 6.69. The summed E-state index contributed by atoms with van der Waals surface area (Å²) in [4.78, 5) is 16.2. The Balaban J connectivity index is 0.00000248. The molecule has 43 heavy (non-hydrogen) atoms. The van der Waals surface area contributed by atoms with Gasteiger partial charge in [0.2, 0.25) is 5.91 Å². The monoisotopic (exact) mass is 632 g/mol. The third kappa shape index (κ3) is 9.55. The zero-order chi connectivity index (χ0) is 31.4. The van der Waals surface area contributed by atoms with Gasteiger partial charge in [-0.05, 0) is 79.0 Å². The van der Waals surface area contributed by atoms with E-state index in [1.807, 2.05) is 18.2 Å². The Morgan fingerprint density at radius 2 is 1.91 bits per heavy atom. The molecule has 2 bridgehead atoms. The number of nitrogens with zero attached hydrogens (tertiary/aromatic N) is 1. The number of aliphatic hydroxyl groups is 1. The largest absolute Gasteiger partial charge is 0.491 e. The number of aryl methyl sites for hydroxylation is 1. The summed E-state index contributed by atoms with van der Waals surface area (Å²) in [6.45, 7) is 8.99. The van der Waals surface area contributed by atoms with Gasteiger partial charge >= 0.3 is 0 Å². The Morgan fingerprint density at radius 1 is 1.14 bits per heavy atom. The molecular weight excluding hydrogens is 584 g/mol. The van der Waals surface area contributed by atoms with Crippen LogP contribution in [0.4, 0.5) is 5.69 Å². The molecule has 7 nitrogen and oxygen atoms in total. The summed E-state index contributed by atoms with van der Waals surface area (Å²) in [6.07, 6.45) is 10.4. The summed E-state index contributed by atoms with van der Waals surface area (Å²) < 4.78 is 28.0. The van der Waals surface area contributed by atoms with E-state index in [1.165, 1.54) is 11.1 Å². The molecule has 0 aromatic heterocycles. The molecule has 9 heteroatoms. The van der Waals surface area contributed by atoms with E-state index < -0.39 is 11.0 Å². The number of halogens is 1. The van der Waals surface area contributed by atoms with Crippen LogP contribution in [0.5, 0.6) is 5.75 Å². The van der Waals surface area contributed by atoms with E-state index in [0.717, 1.165) is 75.2 Å². The van der Waals surface area contributed by atoms with Crippen molar-refractivity contribution < 1.29 is 23.6 Å². The number of ether oxygens (including phenoxy) is 2. The number of methoxy groups -OCH3 is 1. The Morgan fingerprint density at radius 3 is 2.63 bits per heavy atom. The van der Waals surface area contributed by atoms with Gasteiger partial charge in [-0.3, -0.25) is 9.52 Å². The molecule has 5 unspecified atom stereocenters. The van der Waals surface area contributed by atoms with E-state index in [9.17, 15) is 9.00 Å². The topological polar surface area (TPSA) is 88.1 Å². The molecule has 4 rings (SSSR count). The molecule has 2 aromatic carbocycles. The number of anilines is 1. The lowest BCUT2D eigenvalue weighted by molar-refractivity contribution is -0.126. The summed E-state index contributed by atoms with van der Waals surface area (Å²) >= 11 is 6.39. The van der Waals surface area contributed by atoms with Crippen LogP contribution in [-0.2, 0) is 26.9 Å². The zero-order valence-corrected chi connectivity index (χ0v) is 27.9. The second-order valence-electron chi connectivity index (χ2n) is 11.5. The van der Waals surface area contributed by atoms with Crippen LogP contribution < -0.4 is 14.4 Å². The minimum Gasteiger partial charge on any atom is -0.491 e. The fourth-order valence-electron chi connectivity index (χ4n) is 5.94. The van der Waals surface area contributed by atoms with E-state index in [2.05, 4.69) is 54.7 Å². The lowest BCUT2D eigenvalue weighted by Crippen LogP contribution is -2.38. The quantitative estimate of drug-likeness (QED) is 0.345. The number of hydrogen-bond donors (Lipinski definition) is 2. The van der Waals surface area contributed by atoms with Crippen LogP contribution in [0.15, 0.2) is 53.4 Å². The van der Waals surface area contributed by atoms with Gasteiger partial charge in [0.1, 0.15) is 5.75 Å². The Labute approximate surface area is 265 Å². The van der Waals surface area contributed by atoms with Crippen molar-refractivity contribution in [2.75, 3.05) is 45.4 Å². The molecule has 2 aliphatic rings. The van der Waals surface area contributed by atoms with Crippen molar-refractivity contribution in [1.29, 1.82) is 0 Å². The number of carbonyl (C=O) groups excluding carboxylic acids is 1. The molecule has 1 amide bonds. The maximum Gasteiger partial charge on any atom is 0.237 e. The van der Waals surface area contributed by atoms with E-state index in [-0.39, 0.29) is 30.3 Å². The maximum atomic E-state index is 13.4. The number of nitrogens with one attached hydrogen (secondary N) is 1. The van der Waals surface area contributed by atoms with Gasteiger partial charge in [-0.1, -0.05) is 63.4 Å². The fourth-order valence-corrected chi connectivity index (χ4v) is 7.00. The highest BCUT2D eigenvalue weighted by atomic mass is 35.5. The second-order valence-corrected chi connectivity index (χ2v) is 13.1. The zero-order valence-electron chi connectivity index (χ0n) is 26.3. The van der Waals surface area contributed by atoms with Crippen LogP contribution in [0.1, 0.15) is 69.9 Å². The minimum absolute atomic E-state index is 0.0644. The molecule has 2 aliphatic heterocycles. The van der Waals surface area contributed by atoms with Gasteiger partial charge in [0.05, 0.1) is 29.7 Å².